The molecule has 0 aliphatic heterocycles. The van der Waals surface area contributed by atoms with E-state index in [1.54, 1.807) is 66.7 Å². The first-order chi connectivity index (χ1) is 19.2. The maximum atomic E-state index is 15.1. The van der Waals surface area contributed by atoms with Gasteiger partial charge in [0.05, 0.1) is 21.8 Å². The van der Waals surface area contributed by atoms with Crippen LogP contribution >= 0.6 is 11.6 Å². The lowest BCUT2D eigenvalue weighted by Gasteiger charge is -2.12. The molecule has 0 spiro atoms. The molecular formula is C32H25ClFN3O3. The van der Waals surface area contributed by atoms with Gasteiger partial charge in [-0.25, -0.2) is 4.39 Å². The third-order valence-corrected chi connectivity index (χ3v) is 6.67. The molecule has 1 heterocycles. The van der Waals surface area contributed by atoms with Crippen molar-refractivity contribution in [2.45, 2.75) is 20.8 Å². The highest BCUT2D eigenvalue weighted by molar-refractivity contribution is 6.34. The summed E-state index contributed by atoms with van der Waals surface area (Å²) in [5, 5.41) is 7.94. The molecule has 5 aromatic rings. The summed E-state index contributed by atoms with van der Waals surface area (Å²) in [7, 11) is 0. The average Bonchev–Trinajstić information content (AvgIpc) is 3.27. The number of esters is 1. The van der Waals surface area contributed by atoms with Gasteiger partial charge < -0.3 is 10.1 Å². The standard InChI is InChI=1S/C32H25ClFN3O3/c1-19-12-17-28(20(2)18-19)37-32(40-21(3)38)29(30(36-37)25-9-5-7-11-27(25)34)22-13-15-23(16-14-22)35-31(39)24-8-4-6-10-26(24)33/h4-18H,1-3H3,(H,35,39). The largest absolute Gasteiger partial charge is 0.407 e. The third kappa shape index (κ3) is 5.37. The number of halogens is 2. The van der Waals surface area contributed by atoms with Gasteiger partial charge in [-0.1, -0.05) is 65.7 Å². The number of carbonyl (C=O) groups is 2. The first-order valence-electron chi connectivity index (χ1n) is 12.5. The zero-order valence-corrected chi connectivity index (χ0v) is 22.8. The maximum Gasteiger partial charge on any atom is 0.309 e. The van der Waals surface area contributed by atoms with Crippen molar-refractivity contribution in [1.82, 2.24) is 9.78 Å². The van der Waals surface area contributed by atoms with E-state index < -0.39 is 11.8 Å². The van der Waals surface area contributed by atoms with Crippen molar-refractivity contribution in [3.05, 3.63) is 119 Å². The van der Waals surface area contributed by atoms with Crippen LogP contribution in [0, 0.1) is 19.7 Å². The molecule has 0 saturated carbocycles. The molecule has 0 radical (unpaired) electrons. The number of nitrogens with zero attached hydrogens (tertiary/aromatic N) is 2. The number of rotatable bonds is 6. The van der Waals surface area contributed by atoms with Crippen LogP contribution in [0.4, 0.5) is 10.1 Å². The van der Waals surface area contributed by atoms with Crippen LogP contribution in [-0.2, 0) is 4.79 Å². The molecule has 40 heavy (non-hydrogen) atoms. The number of nitrogens with one attached hydrogen (secondary N) is 1. The van der Waals surface area contributed by atoms with Crippen LogP contribution in [0.2, 0.25) is 5.02 Å². The van der Waals surface area contributed by atoms with E-state index in [2.05, 4.69) is 5.32 Å². The molecule has 0 saturated heterocycles. The van der Waals surface area contributed by atoms with Crippen molar-refractivity contribution >= 4 is 29.2 Å². The fourth-order valence-corrected chi connectivity index (χ4v) is 4.73. The highest BCUT2D eigenvalue weighted by atomic mass is 35.5. The molecule has 1 amide bonds. The smallest absolute Gasteiger partial charge is 0.309 e. The molecule has 1 aromatic heterocycles. The van der Waals surface area contributed by atoms with Crippen LogP contribution in [0.15, 0.2) is 91.0 Å². The lowest BCUT2D eigenvalue weighted by molar-refractivity contribution is -0.132. The van der Waals surface area contributed by atoms with Crippen LogP contribution in [0.5, 0.6) is 5.88 Å². The van der Waals surface area contributed by atoms with Gasteiger partial charge in [-0.2, -0.15) is 9.78 Å². The van der Waals surface area contributed by atoms with E-state index in [1.165, 1.54) is 17.7 Å². The fraction of sp³-hybridized carbons (Fsp3) is 0.0938. The Balaban J connectivity index is 1.65. The summed E-state index contributed by atoms with van der Waals surface area (Å²) in [4.78, 5) is 25.0. The minimum absolute atomic E-state index is 0.158. The van der Waals surface area contributed by atoms with Gasteiger partial charge in [0.2, 0.25) is 5.88 Å². The normalized spacial score (nSPS) is 10.8. The summed E-state index contributed by atoms with van der Waals surface area (Å²) in [6.07, 6.45) is 0. The van der Waals surface area contributed by atoms with E-state index >= 15 is 4.39 Å². The van der Waals surface area contributed by atoms with Crippen LogP contribution in [0.1, 0.15) is 28.4 Å². The summed E-state index contributed by atoms with van der Waals surface area (Å²) in [6.45, 7) is 5.22. The Kier molecular flexibility index (Phi) is 7.49. The van der Waals surface area contributed by atoms with E-state index in [0.717, 1.165) is 11.1 Å². The van der Waals surface area contributed by atoms with Crippen LogP contribution < -0.4 is 10.1 Å². The molecular weight excluding hydrogens is 529 g/mol. The number of amides is 1. The summed E-state index contributed by atoms with van der Waals surface area (Å²) in [6, 6.07) is 25.8. The van der Waals surface area contributed by atoms with E-state index in [9.17, 15) is 9.59 Å². The number of hydrogen-bond donors (Lipinski definition) is 1. The Morgan fingerprint density at radius 3 is 2.30 bits per heavy atom. The monoisotopic (exact) mass is 553 g/mol. The average molecular weight is 554 g/mol. The molecule has 200 valence electrons. The molecule has 6 nitrogen and oxygen atoms in total. The van der Waals surface area contributed by atoms with Gasteiger partial charge in [0.15, 0.2) is 0 Å². The molecule has 8 heteroatoms. The first-order valence-corrected chi connectivity index (χ1v) is 12.9. The highest BCUT2D eigenvalue weighted by Crippen LogP contribution is 2.42. The van der Waals surface area contributed by atoms with Crippen molar-refractivity contribution in [2.24, 2.45) is 0 Å². The third-order valence-electron chi connectivity index (χ3n) is 6.34. The summed E-state index contributed by atoms with van der Waals surface area (Å²) in [5.74, 6) is -1.21. The van der Waals surface area contributed by atoms with E-state index in [-0.39, 0.29) is 17.4 Å². The van der Waals surface area contributed by atoms with Gasteiger partial charge in [-0.3, -0.25) is 9.59 Å². The van der Waals surface area contributed by atoms with Gasteiger partial charge in [0.25, 0.3) is 5.91 Å². The second-order valence-electron chi connectivity index (χ2n) is 9.32. The van der Waals surface area contributed by atoms with Crippen molar-refractivity contribution < 1.29 is 18.7 Å². The molecule has 5 rings (SSSR count). The predicted molar refractivity (Wildman–Crippen MR) is 155 cm³/mol. The van der Waals surface area contributed by atoms with E-state index in [1.807, 2.05) is 32.0 Å². The van der Waals surface area contributed by atoms with Gasteiger partial charge in [-0.15, -0.1) is 0 Å². The number of benzene rings is 4. The van der Waals surface area contributed by atoms with Crippen LogP contribution in [-0.4, -0.2) is 21.7 Å². The molecule has 0 unspecified atom stereocenters. The number of carbonyl (C=O) groups excluding carboxylic acids is 2. The highest BCUT2D eigenvalue weighted by Gasteiger charge is 2.26. The van der Waals surface area contributed by atoms with Crippen LogP contribution in [0.3, 0.4) is 0 Å². The molecule has 0 aliphatic carbocycles. The van der Waals surface area contributed by atoms with Gasteiger partial charge in [0, 0.05) is 18.2 Å². The molecule has 1 N–H and O–H groups in total. The Morgan fingerprint density at radius 1 is 0.925 bits per heavy atom. The number of hydrogen-bond acceptors (Lipinski definition) is 4. The molecule has 4 aromatic carbocycles. The Bertz CT molecular complexity index is 1750. The summed E-state index contributed by atoms with van der Waals surface area (Å²) < 4.78 is 22.4. The van der Waals surface area contributed by atoms with E-state index in [0.29, 0.717) is 38.8 Å². The second-order valence-corrected chi connectivity index (χ2v) is 9.72. The zero-order valence-electron chi connectivity index (χ0n) is 22.0. The van der Waals surface area contributed by atoms with Crippen molar-refractivity contribution in [3.8, 4) is 34.0 Å². The molecule has 0 bridgehead atoms. The molecule has 0 aliphatic rings. The van der Waals surface area contributed by atoms with Crippen molar-refractivity contribution in [3.63, 3.8) is 0 Å². The van der Waals surface area contributed by atoms with Crippen molar-refractivity contribution in [1.29, 1.82) is 0 Å². The lowest BCUT2D eigenvalue weighted by atomic mass is 10.0. The molecule has 0 atom stereocenters. The Morgan fingerprint density at radius 2 is 1.62 bits per heavy atom. The predicted octanol–water partition coefficient (Wildman–Crippen LogP) is 7.79. The summed E-state index contributed by atoms with van der Waals surface area (Å²) in [5.41, 5.74) is 5.14. The fourth-order valence-electron chi connectivity index (χ4n) is 4.51. The lowest BCUT2D eigenvalue weighted by Crippen LogP contribution is -2.12. The van der Waals surface area contributed by atoms with E-state index in [4.69, 9.17) is 21.4 Å². The van der Waals surface area contributed by atoms with Crippen molar-refractivity contribution in [2.75, 3.05) is 5.32 Å². The number of aromatic nitrogens is 2. The minimum atomic E-state index is -0.545. The maximum absolute atomic E-state index is 15.1. The Hall–Kier alpha value is -4.75. The minimum Gasteiger partial charge on any atom is -0.407 e. The topological polar surface area (TPSA) is 73.2 Å². The number of aryl methyl sites for hydroxylation is 2. The zero-order chi connectivity index (χ0) is 28.4. The van der Waals surface area contributed by atoms with Crippen LogP contribution in [0.25, 0.3) is 28.1 Å². The first kappa shape index (κ1) is 26.8. The second kappa shape index (κ2) is 11.2. The van der Waals surface area contributed by atoms with Gasteiger partial charge in [0.1, 0.15) is 11.5 Å². The Labute approximate surface area is 236 Å². The number of ether oxygens (including phenoxy) is 1. The molecule has 0 fully saturated rings. The number of anilines is 1. The van der Waals surface area contributed by atoms with Gasteiger partial charge >= 0.3 is 5.97 Å². The summed E-state index contributed by atoms with van der Waals surface area (Å²) >= 11 is 6.17. The SMILES string of the molecule is CC(=O)Oc1c(-c2ccc(NC(=O)c3ccccc3Cl)cc2)c(-c2ccccc2F)nn1-c1ccc(C)cc1C. The quantitative estimate of drug-likeness (QED) is 0.218. The van der Waals surface area contributed by atoms with Gasteiger partial charge in [-0.05, 0) is 67.4 Å².